The zero-order chi connectivity index (χ0) is 14.0. The maximum absolute atomic E-state index is 7.15. The quantitative estimate of drug-likeness (QED) is 0.422. The zero-order valence-electron chi connectivity index (χ0n) is 11.4. The highest BCUT2D eigenvalue weighted by Crippen LogP contribution is 1.98. The Hall–Kier alpha value is -1.67. The van der Waals surface area contributed by atoms with E-state index in [1.54, 1.807) is 19.9 Å². The molecule has 0 aliphatic heterocycles. The number of nitrogen functional groups attached to an aromatic ring is 2. The lowest BCUT2D eigenvalue weighted by atomic mass is 10.4. The van der Waals surface area contributed by atoms with Crippen LogP contribution in [0.25, 0.3) is 0 Å². The van der Waals surface area contributed by atoms with Crippen LogP contribution in [0.3, 0.4) is 0 Å². The second-order valence-electron chi connectivity index (χ2n) is 3.14. The van der Waals surface area contributed by atoms with Crippen molar-refractivity contribution in [3.63, 3.8) is 0 Å². The van der Waals surface area contributed by atoms with Crippen LogP contribution in [0.5, 0.6) is 0 Å². The standard InChI is InChI=1S/C7H14N2O2.C3H6N4.2ClH/c1-3-10-6(8)5-7(9)11-4-2;4-2-1-3(5)7-6-2;;/h8-9H,3-5H2,1-2H3;1H,(H5,4,5,6,7);2*1H. The monoisotopic (exact) mass is 328 g/mol. The molecule has 7 N–H and O–H groups in total. The van der Waals surface area contributed by atoms with E-state index in [4.69, 9.17) is 31.8 Å². The van der Waals surface area contributed by atoms with Crippen LogP contribution in [0.4, 0.5) is 11.6 Å². The molecule has 0 fully saturated rings. The number of hydrogen-bond acceptors (Lipinski definition) is 7. The number of aromatic amines is 1. The lowest BCUT2D eigenvalue weighted by Crippen LogP contribution is -2.12. The fourth-order valence-electron chi connectivity index (χ4n) is 0.949. The van der Waals surface area contributed by atoms with Crippen molar-refractivity contribution < 1.29 is 9.47 Å². The average Bonchev–Trinajstić information content (AvgIpc) is 2.63. The van der Waals surface area contributed by atoms with Crippen molar-refractivity contribution in [2.45, 2.75) is 20.3 Å². The summed E-state index contributed by atoms with van der Waals surface area (Å²) in [6.45, 7) is 4.55. The van der Waals surface area contributed by atoms with E-state index in [9.17, 15) is 0 Å². The number of nitrogens with zero attached hydrogens (tertiary/aromatic N) is 1. The van der Waals surface area contributed by atoms with Crippen molar-refractivity contribution in [2.24, 2.45) is 0 Å². The fourth-order valence-corrected chi connectivity index (χ4v) is 0.949. The van der Waals surface area contributed by atoms with Gasteiger partial charge in [0.1, 0.15) is 11.6 Å². The number of H-pyrrole nitrogens is 1. The van der Waals surface area contributed by atoms with E-state index in [0.717, 1.165) is 0 Å². The topological polar surface area (TPSA) is 147 Å². The molecule has 1 rings (SSSR count). The van der Waals surface area contributed by atoms with Gasteiger partial charge in [0.05, 0.1) is 19.6 Å². The number of nitrogens with two attached hydrogens (primary N) is 2. The minimum absolute atomic E-state index is 0. The Kier molecular flexibility index (Phi) is 16.1. The molecule has 0 unspecified atom stereocenters. The van der Waals surface area contributed by atoms with Gasteiger partial charge in [-0.25, -0.2) is 0 Å². The zero-order valence-corrected chi connectivity index (χ0v) is 13.1. The highest BCUT2D eigenvalue weighted by Gasteiger charge is 2.02. The predicted octanol–water partition coefficient (Wildman–Crippen LogP) is 1.82. The summed E-state index contributed by atoms with van der Waals surface area (Å²) in [5, 5.41) is 20.3. The third-order valence-corrected chi connectivity index (χ3v) is 1.58. The van der Waals surface area contributed by atoms with Crippen molar-refractivity contribution in [1.82, 2.24) is 10.2 Å². The van der Waals surface area contributed by atoms with Crippen molar-refractivity contribution in [1.29, 1.82) is 10.8 Å². The number of nitrogens with one attached hydrogen (secondary N) is 3. The van der Waals surface area contributed by atoms with Crippen molar-refractivity contribution in [3.8, 4) is 0 Å². The van der Waals surface area contributed by atoms with E-state index in [2.05, 4.69) is 10.2 Å². The summed E-state index contributed by atoms with van der Waals surface area (Å²) in [7, 11) is 0. The Morgan fingerprint density at radius 2 is 1.60 bits per heavy atom. The van der Waals surface area contributed by atoms with Gasteiger partial charge >= 0.3 is 0 Å². The van der Waals surface area contributed by atoms with Crippen LogP contribution >= 0.6 is 24.8 Å². The van der Waals surface area contributed by atoms with E-state index >= 15 is 0 Å². The first kappa shape index (κ1) is 23.4. The van der Waals surface area contributed by atoms with Crippen LogP contribution in [0, 0.1) is 10.8 Å². The third-order valence-electron chi connectivity index (χ3n) is 1.58. The normalized spacial score (nSPS) is 8.10. The van der Waals surface area contributed by atoms with E-state index in [1.165, 1.54) is 0 Å². The molecule has 0 aromatic carbocycles. The minimum Gasteiger partial charge on any atom is -0.481 e. The van der Waals surface area contributed by atoms with Crippen LogP contribution < -0.4 is 11.5 Å². The molecule has 1 aromatic rings. The first-order valence-electron chi connectivity index (χ1n) is 5.46. The van der Waals surface area contributed by atoms with Gasteiger partial charge in [0.15, 0.2) is 11.8 Å². The molecule has 8 nitrogen and oxygen atoms in total. The molecule has 0 saturated heterocycles. The van der Waals surface area contributed by atoms with E-state index in [-0.39, 0.29) is 43.0 Å². The maximum Gasteiger partial charge on any atom is 0.189 e. The minimum atomic E-state index is 0. The number of anilines is 2. The van der Waals surface area contributed by atoms with Gasteiger partial charge in [-0.15, -0.1) is 24.8 Å². The Labute approximate surface area is 130 Å². The van der Waals surface area contributed by atoms with Gasteiger partial charge < -0.3 is 20.9 Å². The van der Waals surface area contributed by atoms with Gasteiger partial charge in [-0.1, -0.05) is 0 Å². The van der Waals surface area contributed by atoms with Gasteiger partial charge in [0, 0.05) is 6.07 Å². The Morgan fingerprint density at radius 3 is 1.80 bits per heavy atom. The second kappa shape index (κ2) is 13.8. The first-order chi connectivity index (χ1) is 8.49. The summed E-state index contributed by atoms with van der Waals surface area (Å²) in [5.41, 5.74) is 10.3. The molecule has 118 valence electrons. The summed E-state index contributed by atoms with van der Waals surface area (Å²) in [4.78, 5) is 0. The molecule has 0 aliphatic rings. The van der Waals surface area contributed by atoms with Crippen molar-refractivity contribution in [2.75, 3.05) is 24.7 Å². The Balaban J connectivity index is -0.000000280. The molecule has 20 heavy (non-hydrogen) atoms. The molecule has 0 atom stereocenters. The van der Waals surface area contributed by atoms with Crippen molar-refractivity contribution >= 4 is 48.2 Å². The van der Waals surface area contributed by atoms with Gasteiger partial charge in [-0.3, -0.25) is 15.9 Å². The smallest absolute Gasteiger partial charge is 0.189 e. The molecular weight excluding hydrogens is 307 g/mol. The Morgan fingerprint density at radius 1 is 1.15 bits per heavy atom. The molecule has 0 aliphatic carbocycles. The number of hydrogen-bond donors (Lipinski definition) is 5. The average molecular weight is 329 g/mol. The Bertz CT molecular complexity index is 353. The molecule has 1 heterocycles. The molecule has 0 bridgehead atoms. The molecule has 10 heteroatoms. The third kappa shape index (κ3) is 12.8. The van der Waals surface area contributed by atoms with E-state index in [0.29, 0.717) is 24.8 Å². The van der Waals surface area contributed by atoms with Gasteiger partial charge in [-0.2, -0.15) is 5.10 Å². The summed E-state index contributed by atoms with van der Waals surface area (Å²) in [5.74, 6) is 1.10. The summed E-state index contributed by atoms with van der Waals surface area (Å²) < 4.78 is 9.64. The summed E-state index contributed by atoms with van der Waals surface area (Å²) in [6, 6.07) is 1.56. The van der Waals surface area contributed by atoms with Gasteiger partial charge in [0.25, 0.3) is 0 Å². The van der Waals surface area contributed by atoms with Gasteiger partial charge in [-0.05, 0) is 13.8 Å². The summed E-state index contributed by atoms with van der Waals surface area (Å²) >= 11 is 0. The van der Waals surface area contributed by atoms with Crippen molar-refractivity contribution in [3.05, 3.63) is 6.07 Å². The van der Waals surface area contributed by atoms with E-state index < -0.39 is 0 Å². The predicted molar refractivity (Wildman–Crippen MR) is 85.2 cm³/mol. The van der Waals surface area contributed by atoms with Crippen LogP contribution in [0.15, 0.2) is 6.07 Å². The highest BCUT2D eigenvalue weighted by atomic mass is 35.5. The largest absolute Gasteiger partial charge is 0.481 e. The fraction of sp³-hybridized carbons (Fsp3) is 0.500. The lowest BCUT2D eigenvalue weighted by molar-refractivity contribution is 0.298. The van der Waals surface area contributed by atoms with Crippen LogP contribution in [-0.2, 0) is 9.47 Å². The molecular formula is C10H22Cl2N6O2. The summed E-state index contributed by atoms with van der Waals surface area (Å²) in [6.07, 6.45) is 0.154. The molecule has 0 spiro atoms. The number of halogens is 2. The van der Waals surface area contributed by atoms with Gasteiger partial charge in [0.2, 0.25) is 0 Å². The van der Waals surface area contributed by atoms with Crippen LogP contribution in [-0.4, -0.2) is 35.2 Å². The number of aromatic nitrogens is 2. The number of ether oxygens (including phenoxy) is 2. The molecule has 0 saturated carbocycles. The lowest BCUT2D eigenvalue weighted by Gasteiger charge is -2.05. The first-order valence-corrected chi connectivity index (χ1v) is 5.46. The molecule has 1 aromatic heterocycles. The molecule has 0 amide bonds. The van der Waals surface area contributed by atoms with Crippen LogP contribution in [0.2, 0.25) is 0 Å². The number of rotatable bonds is 4. The van der Waals surface area contributed by atoms with E-state index in [1.807, 2.05) is 0 Å². The SMILES string of the molecule is CCOC(=N)CC(=N)OCC.Cl.Cl.Nc1cc(N)[nH]n1. The maximum atomic E-state index is 7.15. The second-order valence-corrected chi connectivity index (χ2v) is 3.14. The van der Waals surface area contributed by atoms with Crippen LogP contribution in [0.1, 0.15) is 20.3 Å². The molecule has 0 radical (unpaired) electrons. The highest BCUT2D eigenvalue weighted by molar-refractivity contribution is 5.93.